The van der Waals surface area contributed by atoms with Crippen molar-refractivity contribution in [1.82, 2.24) is 9.88 Å². The predicted molar refractivity (Wildman–Crippen MR) is 160 cm³/mol. The number of hydrogen-bond acceptors (Lipinski definition) is 8. The molecule has 1 aromatic carbocycles. The van der Waals surface area contributed by atoms with E-state index in [1.165, 1.54) is 50.2 Å². The molecular weight excluding hydrogens is 585 g/mol. The van der Waals surface area contributed by atoms with E-state index in [1.807, 2.05) is 0 Å². The number of anilines is 1. The largest absolute Gasteiger partial charge is 0.381 e. The second-order valence-corrected chi connectivity index (χ2v) is 16.3. The van der Waals surface area contributed by atoms with Crippen LogP contribution in [-0.4, -0.2) is 56.6 Å². The lowest BCUT2D eigenvalue weighted by atomic mass is 9.77. The van der Waals surface area contributed by atoms with Crippen molar-refractivity contribution in [3.8, 4) is 0 Å². The third-order valence-electron chi connectivity index (χ3n) is 11.5. The summed E-state index contributed by atoms with van der Waals surface area (Å²) in [4.78, 5) is 14.8. The van der Waals surface area contributed by atoms with Crippen LogP contribution in [0.15, 0.2) is 22.7 Å². The molecule has 9 nitrogen and oxygen atoms in total. The minimum atomic E-state index is -3.86. The van der Waals surface area contributed by atoms with Gasteiger partial charge in [0.25, 0.3) is 5.91 Å². The number of fused-ring (bicyclic) bond motifs is 2. The third-order valence-corrected chi connectivity index (χ3v) is 13.3. The normalized spacial score (nSPS) is 28.6. The molecule has 6 aliphatic rings. The maximum absolute atomic E-state index is 15.4. The molecule has 2 bridgehead atoms. The summed E-state index contributed by atoms with van der Waals surface area (Å²) in [7, 11) is -3.86. The Hall–Kier alpha value is -2.50. The molecule has 6 fully saturated rings. The first-order chi connectivity index (χ1) is 21.3. The Morgan fingerprint density at radius 2 is 1.82 bits per heavy atom. The van der Waals surface area contributed by atoms with E-state index in [0.717, 1.165) is 43.2 Å². The SMILES string of the molecule is O=C(NS(=O)(=O)C1CCOCC1)c1ccc(N2C[C@@H]3C[C@H]2C[C@H]3OCc2c(C3CCC4(CC3)CC4)noc2C2CC2)c(F)c1. The molecule has 1 N–H and O–H groups in total. The summed E-state index contributed by atoms with van der Waals surface area (Å²) in [5.41, 5.74) is 3.42. The van der Waals surface area contributed by atoms with Gasteiger partial charge in [-0.15, -0.1) is 0 Å². The van der Waals surface area contributed by atoms with E-state index in [4.69, 9.17) is 14.0 Å². The Morgan fingerprint density at radius 3 is 2.48 bits per heavy atom. The summed E-state index contributed by atoms with van der Waals surface area (Å²) in [6, 6.07) is 4.42. The van der Waals surface area contributed by atoms with Crippen LogP contribution in [0.1, 0.15) is 116 Å². The molecule has 0 radical (unpaired) electrons. The summed E-state index contributed by atoms with van der Waals surface area (Å²) >= 11 is 0. The van der Waals surface area contributed by atoms with Crippen LogP contribution in [0, 0.1) is 17.2 Å². The zero-order chi connectivity index (χ0) is 30.1. The van der Waals surface area contributed by atoms with E-state index < -0.39 is 27.0 Å². The minimum Gasteiger partial charge on any atom is -0.381 e. The van der Waals surface area contributed by atoms with Crippen LogP contribution < -0.4 is 9.62 Å². The Kier molecular flexibility index (Phi) is 7.29. The Bertz CT molecular complexity index is 1520. The minimum absolute atomic E-state index is 0.00582. The highest BCUT2D eigenvalue weighted by Gasteiger charge is 2.48. The number of nitrogens with one attached hydrogen (secondary N) is 1. The summed E-state index contributed by atoms with van der Waals surface area (Å²) in [6.45, 7) is 1.91. The second-order valence-electron chi connectivity index (χ2n) is 14.3. The maximum atomic E-state index is 15.4. The average molecular weight is 628 g/mol. The van der Waals surface area contributed by atoms with Gasteiger partial charge >= 0.3 is 0 Å². The fourth-order valence-electron chi connectivity index (χ4n) is 8.38. The lowest BCUT2D eigenvalue weighted by molar-refractivity contribution is 0.0115. The topological polar surface area (TPSA) is 111 Å². The van der Waals surface area contributed by atoms with Crippen LogP contribution in [-0.2, 0) is 26.1 Å². The lowest BCUT2D eigenvalue weighted by Crippen LogP contribution is -2.41. The van der Waals surface area contributed by atoms with Crippen LogP contribution in [0.5, 0.6) is 0 Å². The van der Waals surface area contributed by atoms with Crippen molar-refractivity contribution in [2.24, 2.45) is 11.3 Å². The highest BCUT2D eigenvalue weighted by Crippen LogP contribution is 2.59. The highest BCUT2D eigenvalue weighted by molar-refractivity contribution is 7.90. The van der Waals surface area contributed by atoms with Gasteiger partial charge < -0.3 is 18.9 Å². The molecular formula is C33H42FN3O6S. The number of nitrogens with zero attached hydrogens (tertiary/aromatic N) is 2. The molecule has 4 aliphatic carbocycles. The van der Waals surface area contributed by atoms with Crippen LogP contribution in [0.2, 0.25) is 0 Å². The van der Waals surface area contributed by atoms with Crippen molar-refractivity contribution in [3.05, 3.63) is 46.6 Å². The van der Waals surface area contributed by atoms with Gasteiger partial charge in [0.1, 0.15) is 11.6 Å². The molecule has 3 atom stereocenters. The summed E-state index contributed by atoms with van der Waals surface area (Å²) < 4.78 is 60.6. The Morgan fingerprint density at radius 1 is 1.05 bits per heavy atom. The molecule has 44 heavy (non-hydrogen) atoms. The maximum Gasteiger partial charge on any atom is 0.264 e. The molecule has 2 saturated heterocycles. The quantitative estimate of drug-likeness (QED) is 0.385. The first kappa shape index (κ1) is 28.9. The predicted octanol–water partition coefficient (Wildman–Crippen LogP) is 5.55. The van der Waals surface area contributed by atoms with Crippen LogP contribution >= 0.6 is 0 Å². The smallest absolute Gasteiger partial charge is 0.264 e. The number of piperidine rings is 1. The van der Waals surface area contributed by atoms with Gasteiger partial charge in [0.05, 0.1) is 29.3 Å². The monoisotopic (exact) mass is 627 g/mol. The van der Waals surface area contributed by atoms with Crippen molar-refractivity contribution in [2.75, 3.05) is 24.7 Å². The summed E-state index contributed by atoms with van der Waals surface area (Å²) in [6.07, 6.45) is 12.7. The van der Waals surface area contributed by atoms with Gasteiger partial charge in [-0.05, 0) is 101 Å². The molecule has 4 saturated carbocycles. The van der Waals surface area contributed by atoms with Gasteiger partial charge in [-0.3, -0.25) is 4.79 Å². The van der Waals surface area contributed by atoms with E-state index in [1.54, 1.807) is 6.07 Å². The fraction of sp³-hybridized carbons (Fsp3) is 0.697. The van der Waals surface area contributed by atoms with Gasteiger partial charge in [0.2, 0.25) is 10.0 Å². The fourth-order valence-corrected chi connectivity index (χ4v) is 9.74. The molecule has 0 unspecified atom stereocenters. The van der Waals surface area contributed by atoms with Crippen molar-refractivity contribution in [1.29, 1.82) is 0 Å². The van der Waals surface area contributed by atoms with Gasteiger partial charge in [0, 0.05) is 54.7 Å². The molecule has 2 aromatic rings. The van der Waals surface area contributed by atoms with E-state index in [9.17, 15) is 13.2 Å². The zero-order valence-corrected chi connectivity index (χ0v) is 26.0. The number of carbonyl (C=O) groups excluding carboxylic acids is 1. The first-order valence-electron chi connectivity index (χ1n) is 16.6. The number of rotatable bonds is 9. The Balaban J connectivity index is 0.894. The summed E-state index contributed by atoms with van der Waals surface area (Å²) in [5, 5.41) is 3.93. The van der Waals surface area contributed by atoms with Gasteiger partial charge in [-0.1, -0.05) is 5.16 Å². The lowest BCUT2D eigenvalue weighted by Gasteiger charge is -2.33. The van der Waals surface area contributed by atoms with E-state index in [-0.39, 0.29) is 17.7 Å². The average Bonchev–Trinajstić information content (AvgIpc) is 3.89. The molecule has 8 rings (SSSR count). The molecule has 1 aromatic heterocycles. The van der Waals surface area contributed by atoms with E-state index in [2.05, 4.69) is 14.8 Å². The summed E-state index contributed by atoms with van der Waals surface area (Å²) in [5.74, 6) is 0.972. The number of aromatic nitrogens is 1. The first-order valence-corrected chi connectivity index (χ1v) is 18.1. The number of hydrogen-bond donors (Lipinski definition) is 1. The van der Waals surface area contributed by atoms with Crippen LogP contribution in [0.3, 0.4) is 0 Å². The zero-order valence-electron chi connectivity index (χ0n) is 25.1. The number of ether oxygens (including phenoxy) is 2. The molecule has 238 valence electrons. The molecule has 1 spiro atoms. The van der Waals surface area contributed by atoms with E-state index in [0.29, 0.717) is 68.1 Å². The third kappa shape index (κ3) is 5.47. The van der Waals surface area contributed by atoms with Gasteiger partial charge in [0.15, 0.2) is 0 Å². The second kappa shape index (κ2) is 11.1. The standard InChI is InChI=1S/C33H42FN3O6S/c34-27-16-22(32(38)36-44(39,40)25-7-13-41-14-8-25)3-4-28(27)37-18-23-15-24(37)17-29(23)42-19-26-30(35-43-31(26)21-1-2-21)20-5-9-33(10-6-20)11-12-33/h3-4,16,20-21,23-25,29H,1-2,5-15,17-19H2,(H,36,38)/t23-,24-,29+/m0/s1. The number of benzene rings is 1. The van der Waals surface area contributed by atoms with Crippen molar-refractivity contribution >= 4 is 21.6 Å². The van der Waals surface area contributed by atoms with Crippen LogP contribution in [0.4, 0.5) is 10.1 Å². The van der Waals surface area contributed by atoms with Crippen molar-refractivity contribution < 1.29 is 31.6 Å². The number of sulfonamides is 1. The molecule has 2 aliphatic heterocycles. The molecule has 3 heterocycles. The number of carbonyl (C=O) groups is 1. The Labute approximate surface area is 258 Å². The molecule has 1 amide bonds. The van der Waals surface area contributed by atoms with Crippen LogP contribution in [0.25, 0.3) is 0 Å². The highest BCUT2D eigenvalue weighted by atomic mass is 32.2. The van der Waals surface area contributed by atoms with E-state index >= 15 is 4.39 Å². The van der Waals surface area contributed by atoms with Crippen molar-refractivity contribution in [2.45, 2.75) is 113 Å². The molecule has 11 heteroatoms. The van der Waals surface area contributed by atoms with Gasteiger partial charge in [-0.2, -0.15) is 0 Å². The van der Waals surface area contributed by atoms with Gasteiger partial charge in [-0.25, -0.2) is 17.5 Å². The number of halogens is 1. The number of amides is 1. The van der Waals surface area contributed by atoms with Crippen molar-refractivity contribution in [3.63, 3.8) is 0 Å².